The van der Waals surface area contributed by atoms with Crippen LogP contribution in [0.5, 0.6) is 0 Å². The van der Waals surface area contributed by atoms with Gasteiger partial charge in [0.1, 0.15) is 11.5 Å². The molecule has 18 heavy (non-hydrogen) atoms. The molecule has 0 spiro atoms. The second kappa shape index (κ2) is 5.04. The van der Waals surface area contributed by atoms with Gasteiger partial charge in [-0.25, -0.2) is 0 Å². The summed E-state index contributed by atoms with van der Waals surface area (Å²) in [5.41, 5.74) is 1.39. The third kappa shape index (κ3) is 2.59. The first kappa shape index (κ1) is 12.4. The van der Waals surface area contributed by atoms with Crippen LogP contribution in [0.2, 0.25) is 0 Å². The Balaban J connectivity index is 2.16. The summed E-state index contributed by atoms with van der Waals surface area (Å²) < 4.78 is 7.12. The number of rotatable bonds is 4. The first-order valence-electron chi connectivity index (χ1n) is 5.93. The molecule has 4 nitrogen and oxygen atoms in total. The lowest BCUT2D eigenvalue weighted by Gasteiger charge is -1.91. The molecule has 0 amide bonds. The van der Waals surface area contributed by atoms with Gasteiger partial charge in [0.05, 0.1) is 11.3 Å². The average molecular weight is 244 g/mol. The molecule has 0 fully saturated rings. The standard InChI is InChI=1S/C14H16N2O2/c1-4-16-9-13(11(3)15-16)14(17)8-7-12-6-5-10(2)18-12/h5-9H,4H2,1-3H3/b8-7+. The maximum absolute atomic E-state index is 12.0. The molecule has 0 atom stereocenters. The molecule has 0 aliphatic heterocycles. The fourth-order valence-electron chi connectivity index (χ4n) is 1.71. The van der Waals surface area contributed by atoms with E-state index in [2.05, 4.69) is 5.10 Å². The Kier molecular flexibility index (Phi) is 3.46. The van der Waals surface area contributed by atoms with Gasteiger partial charge in [0.25, 0.3) is 0 Å². The van der Waals surface area contributed by atoms with Gasteiger partial charge in [-0.2, -0.15) is 5.10 Å². The molecule has 0 N–H and O–H groups in total. The summed E-state index contributed by atoms with van der Waals surface area (Å²) in [5, 5.41) is 4.25. The lowest BCUT2D eigenvalue weighted by atomic mass is 10.1. The summed E-state index contributed by atoms with van der Waals surface area (Å²) in [6, 6.07) is 3.70. The van der Waals surface area contributed by atoms with Crippen LogP contribution in [-0.4, -0.2) is 15.6 Å². The van der Waals surface area contributed by atoms with E-state index >= 15 is 0 Å². The molecule has 0 radical (unpaired) electrons. The van der Waals surface area contributed by atoms with E-state index in [0.717, 1.165) is 18.0 Å². The molecule has 4 heteroatoms. The van der Waals surface area contributed by atoms with E-state index in [1.807, 2.05) is 32.9 Å². The molecule has 2 rings (SSSR count). The number of allylic oxidation sites excluding steroid dienone is 1. The summed E-state index contributed by atoms with van der Waals surface area (Å²) >= 11 is 0. The quantitative estimate of drug-likeness (QED) is 0.613. The molecule has 0 aliphatic carbocycles. The molecule has 0 unspecified atom stereocenters. The predicted molar refractivity (Wildman–Crippen MR) is 69.4 cm³/mol. The minimum Gasteiger partial charge on any atom is -0.462 e. The highest BCUT2D eigenvalue weighted by atomic mass is 16.3. The molecule has 0 aliphatic rings. The number of furan rings is 1. The van der Waals surface area contributed by atoms with E-state index in [1.165, 1.54) is 6.08 Å². The number of aromatic nitrogens is 2. The van der Waals surface area contributed by atoms with Crippen molar-refractivity contribution in [2.75, 3.05) is 0 Å². The molecule has 0 aromatic carbocycles. The smallest absolute Gasteiger partial charge is 0.189 e. The molecule has 0 saturated carbocycles. The van der Waals surface area contributed by atoms with Crippen molar-refractivity contribution in [1.29, 1.82) is 0 Å². The number of carbonyl (C=O) groups is 1. The third-order valence-electron chi connectivity index (χ3n) is 2.70. The van der Waals surface area contributed by atoms with E-state index in [9.17, 15) is 4.79 Å². The van der Waals surface area contributed by atoms with Gasteiger partial charge in [-0.1, -0.05) is 0 Å². The highest BCUT2D eigenvalue weighted by Crippen LogP contribution is 2.11. The van der Waals surface area contributed by atoms with Gasteiger partial charge in [0.15, 0.2) is 5.78 Å². The number of hydrogen-bond acceptors (Lipinski definition) is 3. The van der Waals surface area contributed by atoms with Crippen molar-refractivity contribution in [3.63, 3.8) is 0 Å². The van der Waals surface area contributed by atoms with Gasteiger partial charge in [-0.15, -0.1) is 0 Å². The van der Waals surface area contributed by atoms with Gasteiger partial charge in [0.2, 0.25) is 0 Å². The molecule has 0 bridgehead atoms. The van der Waals surface area contributed by atoms with Crippen molar-refractivity contribution in [2.24, 2.45) is 0 Å². The van der Waals surface area contributed by atoms with E-state index < -0.39 is 0 Å². The van der Waals surface area contributed by atoms with Crippen LogP contribution >= 0.6 is 0 Å². The van der Waals surface area contributed by atoms with Crippen LogP contribution in [0.25, 0.3) is 6.08 Å². The molecule has 0 saturated heterocycles. The Bertz CT molecular complexity index is 591. The second-order valence-corrected chi connectivity index (χ2v) is 4.13. The fourth-order valence-corrected chi connectivity index (χ4v) is 1.71. The van der Waals surface area contributed by atoms with Crippen molar-refractivity contribution in [2.45, 2.75) is 27.3 Å². The molecule has 2 aromatic rings. The number of ketones is 1. The topological polar surface area (TPSA) is 48.0 Å². The van der Waals surface area contributed by atoms with Crippen molar-refractivity contribution in [3.8, 4) is 0 Å². The Morgan fingerprint density at radius 3 is 2.78 bits per heavy atom. The number of carbonyl (C=O) groups excluding carboxylic acids is 1. The highest BCUT2D eigenvalue weighted by molar-refractivity contribution is 6.07. The fraction of sp³-hybridized carbons (Fsp3) is 0.286. The van der Waals surface area contributed by atoms with Gasteiger partial charge in [-0.3, -0.25) is 9.48 Å². The monoisotopic (exact) mass is 244 g/mol. The molecule has 2 aromatic heterocycles. The predicted octanol–water partition coefficient (Wildman–Crippen LogP) is 3.01. The summed E-state index contributed by atoms with van der Waals surface area (Å²) in [4.78, 5) is 12.0. The van der Waals surface area contributed by atoms with Gasteiger partial charge < -0.3 is 4.42 Å². The van der Waals surface area contributed by atoms with Crippen LogP contribution in [0, 0.1) is 13.8 Å². The van der Waals surface area contributed by atoms with Crippen LogP contribution in [0.3, 0.4) is 0 Å². The van der Waals surface area contributed by atoms with Gasteiger partial charge >= 0.3 is 0 Å². The SMILES string of the molecule is CCn1cc(C(=O)/C=C/c2ccc(C)o2)c(C)n1. The van der Waals surface area contributed by atoms with Crippen molar-refractivity contribution < 1.29 is 9.21 Å². The second-order valence-electron chi connectivity index (χ2n) is 4.13. The minimum atomic E-state index is -0.0544. The molecular weight excluding hydrogens is 228 g/mol. The summed E-state index contributed by atoms with van der Waals surface area (Å²) in [6.07, 6.45) is 4.97. The first-order valence-corrected chi connectivity index (χ1v) is 5.93. The molecular formula is C14H16N2O2. The Morgan fingerprint density at radius 2 is 2.22 bits per heavy atom. The first-order chi connectivity index (χ1) is 8.60. The summed E-state index contributed by atoms with van der Waals surface area (Å²) in [5.74, 6) is 1.46. The minimum absolute atomic E-state index is 0.0544. The zero-order valence-electron chi connectivity index (χ0n) is 10.8. The van der Waals surface area contributed by atoms with Gasteiger partial charge in [-0.05, 0) is 45.1 Å². The van der Waals surface area contributed by atoms with E-state index in [0.29, 0.717) is 11.3 Å². The molecule has 2 heterocycles. The average Bonchev–Trinajstić information content (AvgIpc) is 2.92. The summed E-state index contributed by atoms with van der Waals surface area (Å²) in [7, 11) is 0. The zero-order chi connectivity index (χ0) is 13.1. The van der Waals surface area contributed by atoms with E-state index in [1.54, 1.807) is 17.0 Å². The maximum atomic E-state index is 12.0. The van der Waals surface area contributed by atoms with Crippen LogP contribution in [0.4, 0.5) is 0 Å². The maximum Gasteiger partial charge on any atom is 0.189 e. The molecule has 94 valence electrons. The largest absolute Gasteiger partial charge is 0.462 e. The summed E-state index contributed by atoms with van der Waals surface area (Å²) in [6.45, 7) is 6.45. The highest BCUT2D eigenvalue weighted by Gasteiger charge is 2.10. The van der Waals surface area contributed by atoms with E-state index in [-0.39, 0.29) is 5.78 Å². The number of nitrogens with zero attached hydrogens (tertiary/aromatic N) is 2. The third-order valence-corrected chi connectivity index (χ3v) is 2.70. The van der Waals surface area contributed by atoms with E-state index in [4.69, 9.17) is 4.42 Å². The Morgan fingerprint density at radius 1 is 1.44 bits per heavy atom. The lowest BCUT2D eigenvalue weighted by Crippen LogP contribution is -1.94. The van der Waals surface area contributed by atoms with Crippen molar-refractivity contribution >= 4 is 11.9 Å². The van der Waals surface area contributed by atoms with Crippen LogP contribution in [0.1, 0.15) is 34.5 Å². The van der Waals surface area contributed by atoms with Crippen molar-refractivity contribution in [3.05, 3.63) is 47.2 Å². The van der Waals surface area contributed by atoms with Crippen molar-refractivity contribution in [1.82, 2.24) is 9.78 Å². The Hall–Kier alpha value is -2.10. The van der Waals surface area contributed by atoms with Crippen LogP contribution < -0.4 is 0 Å². The van der Waals surface area contributed by atoms with Crippen LogP contribution in [-0.2, 0) is 6.54 Å². The number of hydrogen-bond donors (Lipinski definition) is 0. The number of aryl methyl sites for hydroxylation is 3. The Labute approximate surface area is 106 Å². The lowest BCUT2D eigenvalue weighted by molar-refractivity contribution is 0.104. The van der Waals surface area contributed by atoms with Gasteiger partial charge in [0, 0.05) is 12.7 Å². The normalized spacial score (nSPS) is 11.3. The van der Waals surface area contributed by atoms with Crippen LogP contribution in [0.15, 0.2) is 28.8 Å². The zero-order valence-corrected chi connectivity index (χ0v) is 10.8.